The largest absolute Gasteiger partial charge is 0.330 e. The molecule has 15 heavy (non-hydrogen) atoms. The first-order valence-electron chi connectivity index (χ1n) is 5.76. The molecule has 0 aliphatic heterocycles. The normalized spacial score (nSPS) is 27.8. The van der Waals surface area contributed by atoms with Gasteiger partial charge in [-0.3, -0.25) is 0 Å². The molecule has 0 amide bonds. The van der Waals surface area contributed by atoms with Gasteiger partial charge in [0.1, 0.15) is 0 Å². The van der Waals surface area contributed by atoms with Crippen LogP contribution in [0, 0.1) is 25.2 Å². The molecule has 1 heteroatoms. The third kappa shape index (κ3) is 1.50. The van der Waals surface area contributed by atoms with Crippen molar-refractivity contribution in [2.24, 2.45) is 17.1 Å². The van der Waals surface area contributed by atoms with Gasteiger partial charge in [-0.1, -0.05) is 32.0 Å². The smallest absolute Gasteiger partial charge is 0.00375 e. The molecule has 0 saturated heterocycles. The third-order valence-electron chi connectivity index (χ3n) is 4.29. The minimum Gasteiger partial charge on any atom is -0.330 e. The summed E-state index contributed by atoms with van der Waals surface area (Å²) < 4.78 is 0. The molecule has 1 nitrogen and oxygen atoms in total. The molecule has 1 aliphatic carbocycles. The Morgan fingerprint density at radius 3 is 2.47 bits per heavy atom. The summed E-state index contributed by atoms with van der Waals surface area (Å²) in [5.74, 6) is 1.33. The van der Waals surface area contributed by atoms with Gasteiger partial charge in [0.15, 0.2) is 0 Å². The number of aryl methyl sites for hydroxylation is 1. The van der Waals surface area contributed by atoms with E-state index in [2.05, 4.69) is 45.9 Å². The van der Waals surface area contributed by atoms with Crippen LogP contribution in [0.3, 0.4) is 0 Å². The summed E-state index contributed by atoms with van der Waals surface area (Å²) in [4.78, 5) is 0. The van der Waals surface area contributed by atoms with E-state index in [0.29, 0.717) is 17.3 Å². The maximum atomic E-state index is 5.83. The van der Waals surface area contributed by atoms with Crippen LogP contribution in [0.4, 0.5) is 0 Å². The average molecular weight is 203 g/mol. The van der Waals surface area contributed by atoms with E-state index in [9.17, 15) is 0 Å². The maximum Gasteiger partial charge on any atom is -0.00375 e. The highest BCUT2D eigenvalue weighted by molar-refractivity contribution is 5.41. The van der Waals surface area contributed by atoms with Gasteiger partial charge in [0.05, 0.1) is 0 Å². The van der Waals surface area contributed by atoms with Crippen molar-refractivity contribution >= 4 is 0 Å². The van der Waals surface area contributed by atoms with Crippen LogP contribution < -0.4 is 5.73 Å². The van der Waals surface area contributed by atoms with E-state index in [0.717, 1.165) is 6.54 Å². The predicted molar refractivity (Wildman–Crippen MR) is 65.0 cm³/mol. The van der Waals surface area contributed by atoms with Gasteiger partial charge in [-0.2, -0.15) is 0 Å². The summed E-state index contributed by atoms with van der Waals surface area (Å²) in [6.07, 6.45) is 0. The van der Waals surface area contributed by atoms with E-state index in [1.54, 1.807) is 0 Å². The molecule has 2 atom stereocenters. The van der Waals surface area contributed by atoms with Gasteiger partial charge in [0, 0.05) is 0 Å². The second kappa shape index (κ2) is 3.34. The lowest BCUT2D eigenvalue weighted by Crippen LogP contribution is -2.05. The Morgan fingerprint density at radius 2 is 1.93 bits per heavy atom. The average Bonchev–Trinajstić information content (AvgIpc) is 2.73. The van der Waals surface area contributed by atoms with Gasteiger partial charge in [0.2, 0.25) is 0 Å². The second-order valence-electron chi connectivity index (χ2n) is 5.43. The molecule has 2 N–H and O–H groups in total. The molecule has 2 rings (SSSR count). The van der Waals surface area contributed by atoms with Gasteiger partial charge < -0.3 is 5.73 Å². The summed E-state index contributed by atoms with van der Waals surface area (Å²) >= 11 is 0. The van der Waals surface area contributed by atoms with Crippen LogP contribution in [0.5, 0.6) is 0 Å². The molecule has 0 aromatic heterocycles. The quantitative estimate of drug-likeness (QED) is 0.785. The summed E-state index contributed by atoms with van der Waals surface area (Å²) in [7, 11) is 0. The Morgan fingerprint density at radius 1 is 1.27 bits per heavy atom. The second-order valence-corrected chi connectivity index (χ2v) is 5.43. The Labute approximate surface area is 92.7 Å². The van der Waals surface area contributed by atoms with Crippen molar-refractivity contribution in [3.05, 3.63) is 34.9 Å². The van der Waals surface area contributed by atoms with E-state index in [4.69, 9.17) is 5.73 Å². The van der Waals surface area contributed by atoms with Gasteiger partial charge >= 0.3 is 0 Å². The number of nitrogens with two attached hydrogens (primary N) is 1. The highest BCUT2D eigenvalue weighted by atomic mass is 14.7. The van der Waals surface area contributed by atoms with Crippen LogP contribution in [0.25, 0.3) is 0 Å². The first-order valence-corrected chi connectivity index (χ1v) is 5.76. The molecule has 0 unspecified atom stereocenters. The number of hydrogen-bond acceptors (Lipinski definition) is 1. The topological polar surface area (TPSA) is 26.0 Å². The lowest BCUT2D eigenvalue weighted by molar-refractivity contribution is 0.558. The summed E-state index contributed by atoms with van der Waals surface area (Å²) in [5.41, 5.74) is 10.6. The van der Waals surface area contributed by atoms with E-state index in [-0.39, 0.29) is 0 Å². The van der Waals surface area contributed by atoms with Gasteiger partial charge in [-0.25, -0.2) is 0 Å². The molecule has 1 aliphatic rings. The molecule has 0 radical (unpaired) electrons. The molecular formula is C14H21N. The number of benzene rings is 1. The third-order valence-corrected chi connectivity index (χ3v) is 4.29. The Balaban J connectivity index is 2.37. The zero-order valence-electron chi connectivity index (χ0n) is 10.2. The zero-order valence-corrected chi connectivity index (χ0v) is 10.2. The fourth-order valence-electron chi connectivity index (χ4n) is 2.91. The summed E-state index contributed by atoms with van der Waals surface area (Å²) in [6, 6.07) is 6.62. The lowest BCUT2D eigenvalue weighted by atomic mass is 9.96. The molecule has 1 saturated carbocycles. The van der Waals surface area contributed by atoms with Crippen LogP contribution in [0.15, 0.2) is 18.2 Å². The van der Waals surface area contributed by atoms with Gasteiger partial charge in [-0.05, 0) is 54.3 Å². The maximum absolute atomic E-state index is 5.83. The molecular weight excluding hydrogens is 182 g/mol. The monoisotopic (exact) mass is 203 g/mol. The van der Waals surface area contributed by atoms with E-state index in [1.807, 2.05) is 0 Å². The van der Waals surface area contributed by atoms with Crippen molar-refractivity contribution < 1.29 is 0 Å². The first kappa shape index (κ1) is 10.7. The van der Waals surface area contributed by atoms with Crippen LogP contribution in [0.1, 0.15) is 36.5 Å². The zero-order chi connectivity index (χ0) is 11.2. The highest BCUT2D eigenvalue weighted by Crippen LogP contribution is 2.64. The number of rotatable bonds is 2. The molecule has 82 valence electrons. The van der Waals surface area contributed by atoms with Crippen molar-refractivity contribution in [3.8, 4) is 0 Å². The van der Waals surface area contributed by atoms with Gasteiger partial charge in [0.25, 0.3) is 0 Å². The highest BCUT2D eigenvalue weighted by Gasteiger charge is 2.57. The van der Waals surface area contributed by atoms with Crippen molar-refractivity contribution in [1.29, 1.82) is 0 Å². The predicted octanol–water partition coefficient (Wildman–Crippen LogP) is 3.00. The molecule has 0 heterocycles. The molecule has 0 bridgehead atoms. The Bertz CT molecular complexity index is 379. The van der Waals surface area contributed by atoms with Crippen molar-refractivity contribution in [2.45, 2.75) is 33.6 Å². The van der Waals surface area contributed by atoms with Crippen LogP contribution in [-0.4, -0.2) is 6.54 Å². The number of hydrogen-bond donors (Lipinski definition) is 1. The van der Waals surface area contributed by atoms with Crippen molar-refractivity contribution in [1.82, 2.24) is 0 Å². The lowest BCUT2D eigenvalue weighted by Gasteiger charge is -2.09. The summed E-state index contributed by atoms with van der Waals surface area (Å²) in [6.45, 7) is 9.89. The fraction of sp³-hybridized carbons (Fsp3) is 0.571. The Hall–Kier alpha value is -0.820. The van der Waals surface area contributed by atoms with Crippen LogP contribution in [0.2, 0.25) is 0 Å². The molecule has 1 fully saturated rings. The van der Waals surface area contributed by atoms with Crippen molar-refractivity contribution in [2.75, 3.05) is 6.54 Å². The molecule has 0 spiro atoms. The SMILES string of the molecule is Cc1cccc([C@H]2[C@H](CN)C2(C)C)c1C. The minimum absolute atomic E-state index is 0.396. The van der Waals surface area contributed by atoms with E-state index >= 15 is 0 Å². The Kier molecular flexibility index (Phi) is 2.38. The van der Waals surface area contributed by atoms with Crippen LogP contribution >= 0.6 is 0 Å². The fourth-order valence-corrected chi connectivity index (χ4v) is 2.91. The standard InChI is InChI=1S/C14H21N/c1-9-6-5-7-11(10(9)2)13-12(8-15)14(13,3)4/h5-7,12-13H,8,15H2,1-4H3/t12-,13-/m0/s1. The van der Waals surface area contributed by atoms with E-state index in [1.165, 1.54) is 16.7 Å². The summed E-state index contributed by atoms with van der Waals surface area (Å²) in [5, 5.41) is 0. The van der Waals surface area contributed by atoms with E-state index < -0.39 is 0 Å². The molecule has 1 aromatic carbocycles. The van der Waals surface area contributed by atoms with Crippen LogP contribution in [-0.2, 0) is 0 Å². The first-order chi connectivity index (χ1) is 7.00. The van der Waals surface area contributed by atoms with Crippen molar-refractivity contribution in [3.63, 3.8) is 0 Å². The van der Waals surface area contributed by atoms with Gasteiger partial charge in [-0.15, -0.1) is 0 Å². The molecule has 1 aromatic rings. The minimum atomic E-state index is 0.396.